The molecule has 2 rings (SSSR count). The molecule has 1 aromatic heterocycles. The molecule has 0 aliphatic carbocycles. The van der Waals surface area contributed by atoms with E-state index in [4.69, 9.17) is 10.3 Å². The first-order chi connectivity index (χ1) is 7.61. The van der Waals surface area contributed by atoms with Gasteiger partial charge in [0.1, 0.15) is 0 Å². The predicted molar refractivity (Wildman–Crippen MR) is 52.3 cm³/mol. The van der Waals surface area contributed by atoms with Gasteiger partial charge in [-0.1, -0.05) is 5.16 Å². The van der Waals surface area contributed by atoms with Crippen LogP contribution in [0.4, 0.5) is 8.78 Å². The molecule has 1 aromatic carbocycles. The van der Waals surface area contributed by atoms with E-state index in [1.165, 1.54) is 6.07 Å². The number of halogens is 2. The van der Waals surface area contributed by atoms with Crippen LogP contribution in [-0.2, 0) is 6.54 Å². The number of rotatable bonds is 2. The summed E-state index contributed by atoms with van der Waals surface area (Å²) < 4.78 is 31.3. The summed E-state index contributed by atoms with van der Waals surface area (Å²) in [4.78, 5) is 3.83. The van der Waals surface area contributed by atoms with Crippen LogP contribution in [-0.4, -0.2) is 10.1 Å². The lowest BCUT2D eigenvalue weighted by Gasteiger charge is -2.00. The third kappa shape index (κ3) is 1.79. The standard InChI is InChI=1S/C10H9F2N3O/c1-5-2-6(9(12)7(11)3-5)10-14-8(4-13)16-15-10/h2-3H,4,13H2,1H3. The van der Waals surface area contributed by atoms with Gasteiger partial charge in [-0.05, 0) is 24.6 Å². The molecule has 0 saturated carbocycles. The van der Waals surface area contributed by atoms with Crippen molar-refractivity contribution in [3.8, 4) is 11.4 Å². The molecule has 2 N–H and O–H groups in total. The molecule has 0 atom stereocenters. The van der Waals surface area contributed by atoms with Crippen molar-refractivity contribution >= 4 is 0 Å². The van der Waals surface area contributed by atoms with Gasteiger partial charge in [-0.25, -0.2) is 8.78 Å². The number of aryl methyl sites for hydroxylation is 1. The van der Waals surface area contributed by atoms with E-state index in [0.717, 1.165) is 6.07 Å². The lowest BCUT2D eigenvalue weighted by Crippen LogP contribution is -1.96. The summed E-state index contributed by atoms with van der Waals surface area (Å²) in [6, 6.07) is 2.55. The molecule has 6 heteroatoms. The Bertz CT molecular complexity index is 525. The predicted octanol–water partition coefficient (Wildman–Crippen LogP) is 1.78. The van der Waals surface area contributed by atoms with Crippen molar-refractivity contribution < 1.29 is 13.3 Å². The fraction of sp³-hybridized carbons (Fsp3) is 0.200. The molecule has 0 radical (unpaired) electrons. The van der Waals surface area contributed by atoms with Crippen LogP contribution in [0.3, 0.4) is 0 Å². The van der Waals surface area contributed by atoms with E-state index in [1.54, 1.807) is 6.92 Å². The van der Waals surface area contributed by atoms with Crippen molar-refractivity contribution in [1.29, 1.82) is 0 Å². The van der Waals surface area contributed by atoms with Gasteiger partial charge in [-0.3, -0.25) is 0 Å². The molecule has 0 unspecified atom stereocenters. The summed E-state index contributed by atoms with van der Waals surface area (Å²) in [6.07, 6.45) is 0. The average Bonchev–Trinajstić information content (AvgIpc) is 2.71. The molecule has 0 aliphatic heterocycles. The summed E-state index contributed by atoms with van der Waals surface area (Å²) in [5.74, 6) is -1.75. The van der Waals surface area contributed by atoms with E-state index in [9.17, 15) is 8.78 Å². The number of hydrogen-bond acceptors (Lipinski definition) is 4. The second-order valence-corrected chi connectivity index (χ2v) is 3.32. The molecule has 0 fully saturated rings. The van der Waals surface area contributed by atoms with Crippen LogP contribution < -0.4 is 5.73 Å². The van der Waals surface area contributed by atoms with Gasteiger partial charge >= 0.3 is 0 Å². The average molecular weight is 225 g/mol. The second kappa shape index (κ2) is 3.97. The highest BCUT2D eigenvalue weighted by molar-refractivity contribution is 5.56. The van der Waals surface area contributed by atoms with Gasteiger partial charge in [0.05, 0.1) is 12.1 Å². The van der Waals surface area contributed by atoms with Gasteiger partial charge < -0.3 is 10.3 Å². The number of hydrogen-bond donors (Lipinski definition) is 1. The van der Waals surface area contributed by atoms with Gasteiger partial charge in [-0.15, -0.1) is 0 Å². The van der Waals surface area contributed by atoms with Crippen LogP contribution in [0.5, 0.6) is 0 Å². The molecule has 84 valence electrons. The highest BCUT2D eigenvalue weighted by Gasteiger charge is 2.16. The van der Waals surface area contributed by atoms with Crippen molar-refractivity contribution in [3.63, 3.8) is 0 Å². The third-order valence-corrected chi connectivity index (χ3v) is 2.06. The van der Waals surface area contributed by atoms with Gasteiger partial charge in [0, 0.05) is 0 Å². The largest absolute Gasteiger partial charge is 0.338 e. The van der Waals surface area contributed by atoms with Gasteiger partial charge in [-0.2, -0.15) is 4.98 Å². The summed E-state index contributed by atoms with van der Waals surface area (Å²) in [7, 11) is 0. The maximum absolute atomic E-state index is 13.5. The lowest BCUT2D eigenvalue weighted by molar-refractivity contribution is 0.380. The minimum atomic E-state index is -0.991. The Labute approximate surface area is 90.1 Å². The summed E-state index contributed by atoms with van der Waals surface area (Å²) in [6.45, 7) is 1.71. The Balaban J connectivity index is 2.54. The van der Waals surface area contributed by atoms with E-state index in [-0.39, 0.29) is 23.8 Å². The fourth-order valence-corrected chi connectivity index (χ4v) is 1.33. The maximum atomic E-state index is 13.5. The molecule has 0 bridgehead atoms. The summed E-state index contributed by atoms with van der Waals surface area (Å²) in [5.41, 5.74) is 5.82. The number of benzene rings is 1. The minimum Gasteiger partial charge on any atom is -0.338 e. The number of nitrogens with zero attached hydrogens (tertiary/aromatic N) is 2. The molecule has 4 nitrogen and oxygen atoms in total. The zero-order valence-corrected chi connectivity index (χ0v) is 8.50. The van der Waals surface area contributed by atoms with Crippen LogP contribution >= 0.6 is 0 Å². The quantitative estimate of drug-likeness (QED) is 0.846. The first kappa shape index (κ1) is 10.7. The second-order valence-electron chi connectivity index (χ2n) is 3.32. The minimum absolute atomic E-state index is 0.000509. The van der Waals surface area contributed by atoms with Crippen LogP contribution in [0.25, 0.3) is 11.4 Å². The Morgan fingerprint density at radius 2 is 2.12 bits per heavy atom. The van der Waals surface area contributed by atoms with Gasteiger partial charge in [0.2, 0.25) is 11.7 Å². The Hall–Kier alpha value is -1.82. The third-order valence-electron chi connectivity index (χ3n) is 2.06. The van der Waals surface area contributed by atoms with Crippen molar-refractivity contribution in [2.24, 2.45) is 5.73 Å². The Morgan fingerprint density at radius 1 is 1.38 bits per heavy atom. The summed E-state index contributed by atoms with van der Waals surface area (Å²) >= 11 is 0. The van der Waals surface area contributed by atoms with Crippen molar-refractivity contribution in [2.75, 3.05) is 0 Å². The van der Waals surface area contributed by atoms with Gasteiger partial charge in [0.25, 0.3) is 0 Å². The topological polar surface area (TPSA) is 64.9 Å². The molecule has 16 heavy (non-hydrogen) atoms. The van der Waals surface area contributed by atoms with Crippen LogP contribution in [0.2, 0.25) is 0 Å². The molecule has 0 amide bonds. The number of nitrogens with two attached hydrogens (primary N) is 1. The fourth-order valence-electron chi connectivity index (χ4n) is 1.33. The molecular weight excluding hydrogens is 216 g/mol. The van der Waals surface area contributed by atoms with E-state index in [2.05, 4.69) is 10.1 Å². The highest BCUT2D eigenvalue weighted by atomic mass is 19.2. The van der Waals surface area contributed by atoms with E-state index in [1.807, 2.05) is 0 Å². The smallest absolute Gasteiger partial charge is 0.240 e. The van der Waals surface area contributed by atoms with E-state index in [0.29, 0.717) is 5.56 Å². The Kier molecular flexibility index (Phi) is 2.66. The lowest BCUT2D eigenvalue weighted by atomic mass is 10.1. The van der Waals surface area contributed by atoms with Crippen LogP contribution in [0.1, 0.15) is 11.5 Å². The van der Waals surface area contributed by atoms with Crippen molar-refractivity contribution in [1.82, 2.24) is 10.1 Å². The first-order valence-corrected chi connectivity index (χ1v) is 4.60. The maximum Gasteiger partial charge on any atom is 0.240 e. The van der Waals surface area contributed by atoms with E-state index >= 15 is 0 Å². The normalized spacial score (nSPS) is 10.8. The molecular formula is C10H9F2N3O. The molecule has 0 saturated heterocycles. The zero-order chi connectivity index (χ0) is 11.7. The van der Waals surface area contributed by atoms with Crippen LogP contribution in [0, 0.1) is 18.6 Å². The molecule has 2 aromatic rings. The monoisotopic (exact) mass is 225 g/mol. The number of aromatic nitrogens is 2. The molecule has 0 spiro atoms. The van der Waals surface area contributed by atoms with Gasteiger partial charge in [0.15, 0.2) is 11.6 Å². The van der Waals surface area contributed by atoms with E-state index < -0.39 is 11.6 Å². The molecule has 1 heterocycles. The van der Waals surface area contributed by atoms with Crippen molar-refractivity contribution in [2.45, 2.75) is 13.5 Å². The van der Waals surface area contributed by atoms with Crippen LogP contribution in [0.15, 0.2) is 16.7 Å². The van der Waals surface area contributed by atoms with Crippen molar-refractivity contribution in [3.05, 3.63) is 35.2 Å². The summed E-state index contributed by atoms with van der Waals surface area (Å²) in [5, 5.41) is 3.53. The highest BCUT2D eigenvalue weighted by Crippen LogP contribution is 2.23. The Morgan fingerprint density at radius 3 is 2.75 bits per heavy atom. The molecule has 0 aliphatic rings. The zero-order valence-electron chi connectivity index (χ0n) is 8.50. The first-order valence-electron chi connectivity index (χ1n) is 4.60. The SMILES string of the molecule is Cc1cc(F)c(F)c(-c2noc(CN)n2)c1.